The second kappa shape index (κ2) is 8.93. The lowest BCUT2D eigenvalue weighted by Gasteiger charge is -2.28. The monoisotopic (exact) mass is 368 g/mol. The minimum Gasteiger partial charge on any atom is -0.378 e. The van der Waals surface area contributed by atoms with Crippen LogP contribution in [0.3, 0.4) is 0 Å². The van der Waals surface area contributed by atoms with E-state index in [1.807, 2.05) is 12.1 Å². The van der Waals surface area contributed by atoms with Crippen LogP contribution in [0.25, 0.3) is 0 Å². The van der Waals surface area contributed by atoms with Gasteiger partial charge in [-0.25, -0.2) is 10.9 Å². The summed E-state index contributed by atoms with van der Waals surface area (Å²) < 4.78 is 5.34. The molecule has 0 aromatic heterocycles. The van der Waals surface area contributed by atoms with Crippen LogP contribution in [0.5, 0.6) is 0 Å². The van der Waals surface area contributed by atoms with E-state index in [0.717, 1.165) is 18.8 Å². The largest absolute Gasteiger partial charge is 0.378 e. The zero-order valence-electron chi connectivity index (χ0n) is 14.6. The Hall–Kier alpha value is -3.23. The number of hydrogen-bond acceptors (Lipinski definition) is 6. The molecule has 0 atom stereocenters. The second-order valence-electron chi connectivity index (χ2n) is 5.91. The van der Waals surface area contributed by atoms with E-state index in [-0.39, 0.29) is 5.91 Å². The molecule has 27 heavy (non-hydrogen) atoms. The zero-order valence-corrected chi connectivity index (χ0v) is 14.6. The van der Waals surface area contributed by atoms with Gasteiger partial charge in [0.15, 0.2) is 0 Å². The summed E-state index contributed by atoms with van der Waals surface area (Å²) in [5.74, 6) is -0.900. The number of hydrogen-bond donors (Lipinski definition) is 3. The number of carbonyl (C=O) groups is 2. The van der Waals surface area contributed by atoms with Crippen LogP contribution < -0.4 is 15.8 Å². The lowest BCUT2D eigenvalue weighted by Crippen LogP contribution is -2.36. The van der Waals surface area contributed by atoms with Gasteiger partial charge in [-0.2, -0.15) is 5.10 Å². The maximum atomic E-state index is 12.2. The Bertz CT molecular complexity index is 813. The molecule has 1 aliphatic rings. The highest BCUT2D eigenvalue weighted by Crippen LogP contribution is 2.16. The molecule has 0 aliphatic carbocycles. The predicted octanol–water partition coefficient (Wildman–Crippen LogP) is 1.41. The fraction of sp³-hybridized carbons (Fsp3) is 0.211. The molecule has 1 saturated heterocycles. The lowest BCUT2D eigenvalue weighted by atomic mass is 10.1. The van der Waals surface area contributed by atoms with E-state index in [9.17, 15) is 9.59 Å². The van der Waals surface area contributed by atoms with Crippen molar-refractivity contribution in [2.24, 2.45) is 5.10 Å². The number of amides is 2. The first-order chi connectivity index (χ1) is 13.2. The summed E-state index contributed by atoms with van der Waals surface area (Å²) in [6.07, 6.45) is 1.47. The Kier molecular flexibility index (Phi) is 6.14. The van der Waals surface area contributed by atoms with Crippen molar-refractivity contribution in [3.8, 4) is 0 Å². The van der Waals surface area contributed by atoms with Crippen molar-refractivity contribution >= 4 is 23.7 Å². The molecule has 2 aromatic rings. The predicted molar refractivity (Wildman–Crippen MR) is 100 cm³/mol. The molecule has 0 radical (unpaired) electrons. The van der Waals surface area contributed by atoms with Crippen molar-refractivity contribution in [3.05, 3.63) is 65.2 Å². The van der Waals surface area contributed by atoms with E-state index >= 15 is 0 Å². The van der Waals surface area contributed by atoms with Crippen LogP contribution in [0.1, 0.15) is 26.3 Å². The van der Waals surface area contributed by atoms with Crippen molar-refractivity contribution in [1.82, 2.24) is 10.9 Å². The highest BCUT2D eigenvalue weighted by Gasteiger charge is 2.12. The quantitative estimate of drug-likeness (QED) is 0.421. The van der Waals surface area contributed by atoms with Crippen molar-refractivity contribution < 1.29 is 19.5 Å². The van der Waals surface area contributed by atoms with Gasteiger partial charge in [-0.05, 0) is 42.0 Å². The van der Waals surface area contributed by atoms with Gasteiger partial charge in [0, 0.05) is 29.9 Å². The number of benzene rings is 2. The topological polar surface area (TPSA) is 103 Å². The SMILES string of the molecule is O=C(NO)c1ccc(/C=N/NC(=O)c2ccc(N3CCOCC3)cc2)cc1. The van der Waals surface area contributed by atoms with Crippen LogP contribution >= 0.6 is 0 Å². The maximum absolute atomic E-state index is 12.2. The zero-order chi connectivity index (χ0) is 19.1. The Morgan fingerprint density at radius 3 is 2.19 bits per heavy atom. The molecule has 8 nitrogen and oxygen atoms in total. The van der Waals surface area contributed by atoms with Gasteiger partial charge in [0.1, 0.15) is 0 Å². The standard InChI is InChI=1S/C19H20N4O4/c24-18(15-5-7-17(8-6-15)23-9-11-27-12-10-23)21-20-13-14-1-3-16(4-2-14)19(25)22-26/h1-8,13,26H,9-12H2,(H,21,24)(H,22,25)/b20-13+. The van der Waals surface area contributed by atoms with E-state index in [0.29, 0.717) is 29.9 Å². The second-order valence-corrected chi connectivity index (χ2v) is 5.91. The van der Waals surface area contributed by atoms with Crippen molar-refractivity contribution in [1.29, 1.82) is 0 Å². The van der Waals surface area contributed by atoms with Crippen molar-refractivity contribution in [2.75, 3.05) is 31.2 Å². The highest BCUT2D eigenvalue weighted by atomic mass is 16.5. The van der Waals surface area contributed by atoms with E-state index in [2.05, 4.69) is 15.4 Å². The lowest BCUT2D eigenvalue weighted by molar-refractivity contribution is 0.0706. The van der Waals surface area contributed by atoms with Crippen molar-refractivity contribution in [3.63, 3.8) is 0 Å². The molecule has 1 fully saturated rings. The fourth-order valence-corrected chi connectivity index (χ4v) is 2.66. The van der Waals surface area contributed by atoms with Gasteiger partial charge in [0.25, 0.3) is 11.8 Å². The molecule has 0 saturated carbocycles. The fourth-order valence-electron chi connectivity index (χ4n) is 2.66. The number of anilines is 1. The molecular formula is C19H20N4O4. The molecule has 1 aliphatic heterocycles. The van der Waals surface area contributed by atoms with Gasteiger partial charge in [0.05, 0.1) is 19.4 Å². The number of carbonyl (C=O) groups excluding carboxylic acids is 2. The molecule has 8 heteroatoms. The molecule has 3 rings (SSSR count). The molecule has 3 N–H and O–H groups in total. The third-order valence-electron chi connectivity index (χ3n) is 4.16. The minimum absolute atomic E-state index is 0.309. The van der Waals surface area contributed by atoms with Crippen LogP contribution in [0, 0.1) is 0 Å². The summed E-state index contributed by atoms with van der Waals surface area (Å²) in [5.41, 5.74) is 6.63. The van der Waals surface area contributed by atoms with Crippen LogP contribution in [0.2, 0.25) is 0 Å². The van der Waals surface area contributed by atoms with Crippen LogP contribution in [0.4, 0.5) is 5.69 Å². The average Bonchev–Trinajstić information content (AvgIpc) is 2.74. The number of nitrogens with one attached hydrogen (secondary N) is 2. The van der Waals surface area contributed by atoms with E-state index in [1.165, 1.54) is 6.21 Å². The summed E-state index contributed by atoms with van der Waals surface area (Å²) >= 11 is 0. The molecule has 2 aromatic carbocycles. The number of hydroxylamine groups is 1. The molecule has 0 unspecified atom stereocenters. The molecule has 1 heterocycles. The van der Waals surface area contributed by atoms with Crippen LogP contribution in [-0.4, -0.2) is 49.5 Å². The van der Waals surface area contributed by atoms with Crippen molar-refractivity contribution in [2.45, 2.75) is 0 Å². The van der Waals surface area contributed by atoms with Gasteiger partial charge in [-0.1, -0.05) is 12.1 Å². The Labute approximate surface area is 156 Å². The summed E-state index contributed by atoms with van der Waals surface area (Å²) in [4.78, 5) is 25.6. The molecule has 2 amide bonds. The number of morpholine rings is 1. The summed E-state index contributed by atoms with van der Waals surface area (Å²) in [6, 6.07) is 13.7. The molecule has 0 spiro atoms. The maximum Gasteiger partial charge on any atom is 0.274 e. The molecular weight excluding hydrogens is 348 g/mol. The summed E-state index contributed by atoms with van der Waals surface area (Å²) in [7, 11) is 0. The number of rotatable bonds is 5. The summed E-state index contributed by atoms with van der Waals surface area (Å²) in [5, 5.41) is 12.5. The smallest absolute Gasteiger partial charge is 0.274 e. The van der Waals surface area contributed by atoms with Gasteiger partial charge >= 0.3 is 0 Å². The Morgan fingerprint density at radius 1 is 0.963 bits per heavy atom. The van der Waals surface area contributed by atoms with Crippen LogP contribution in [0.15, 0.2) is 53.6 Å². The number of hydrazone groups is 1. The molecule has 0 bridgehead atoms. The number of nitrogens with zero attached hydrogens (tertiary/aromatic N) is 2. The van der Waals surface area contributed by atoms with E-state index in [1.54, 1.807) is 41.9 Å². The normalized spacial score (nSPS) is 14.2. The third-order valence-corrected chi connectivity index (χ3v) is 4.16. The van der Waals surface area contributed by atoms with Gasteiger partial charge in [-0.15, -0.1) is 0 Å². The Balaban J connectivity index is 1.55. The van der Waals surface area contributed by atoms with E-state index in [4.69, 9.17) is 9.94 Å². The number of ether oxygens (including phenoxy) is 1. The van der Waals surface area contributed by atoms with Gasteiger partial charge in [0.2, 0.25) is 0 Å². The first kappa shape index (κ1) is 18.6. The van der Waals surface area contributed by atoms with E-state index < -0.39 is 5.91 Å². The van der Waals surface area contributed by atoms with Gasteiger partial charge < -0.3 is 9.64 Å². The minimum atomic E-state index is -0.590. The molecule has 140 valence electrons. The van der Waals surface area contributed by atoms with Gasteiger partial charge in [-0.3, -0.25) is 14.8 Å². The van der Waals surface area contributed by atoms with Crippen LogP contribution in [-0.2, 0) is 4.74 Å². The first-order valence-electron chi connectivity index (χ1n) is 8.48. The summed E-state index contributed by atoms with van der Waals surface area (Å²) in [6.45, 7) is 3.11. The Morgan fingerprint density at radius 2 is 1.56 bits per heavy atom. The third kappa shape index (κ3) is 4.90. The average molecular weight is 368 g/mol. The first-order valence-corrected chi connectivity index (χ1v) is 8.48. The highest BCUT2D eigenvalue weighted by molar-refractivity contribution is 5.96.